The van der Waals surface area contributed by atoms with Gasteiger partial charge in [-0.3, -0.25) is 4.99 Å². The Bertz CT molecular complexity index is 835. The van der Waals surface area contributed by atoms with Gasteiger partial charge in [0.15, 0.2) is 5.96 Å². The molecule has 8 heteroatoms. The van der Waals surface area contributed by atoms with Crippen LogP contribution in [0.5, 0.6) is 5.75 Å². The summed E-state index contributed by atoms with van der Waals surface area (Å²) in [6.07, 6.45) is 0.840. The fraction of sp³-hybridized carbons (Fsp3) is 0.476. The minimum atomic E-state index is -0.322. The molecule has 1 heterocycles. The third kappa shape index (κ3) is 6.74. The fourth-order valence-electron chi connectivity index (χ4n) is 2.63. The average molecular weight is 419 g/mol. The summed E-state index contributed by atoms with van der Waals surface area (Å²) in [4.78, 5) is 21.3. The van der Waals surface area contributed by atoms with Crippen molar-refractivity contribution in [3.8, 4) is 5.75 Å². The molecule has 0 amide bonds. The summed E-state index contributed by atoms with van der Waals surface area (Å²) in [5.74, 6) is 1.27. The van der Waals surface area contributed by atoms with E-state index in [1.807, 2.05) is 45.0 Å². The molecular weight excluding hydrogens is 388 g/mol. The van der Waals surface area contributed by atoms with Crippen LogP contribution in [0.25, 0.3) is 0 Å². The number of para-hydroxylation sites is 1. The maximum absolute atomic E-state index is 12.0. The molecule has 2 aromatic rings. The van der Waals surface area contributed by atoms with E-state index >= 15 is 0 Å². The van der Waals surface area contributed by atoms with Gasteiger partial charge in [-0.25, -0.2) is 9.78 Å². The number of nitrogens with zero attached hydrogens (tertiary/aromatic N) is 2. The SMILES string of the molecule is CCOC(=O)c1sc(C(C)NC(=NC)NCCCOc2ccccc2C)nc1C. The van der Waals surface area contributed by atoms with Crippen molar-refractivity contribution >= 4 is 23.3 Å². The van der Waals surface area contributed by atoms with E-state index in [1.54, 1.807) is 14.0 Å². The van der Waals surface area contributed by atoms with Crippen LogP contribution in [0.2, 0.25) is 0 Å². The number of nitrogens with one attached hydrogen (secondary N) is 2. The summed E-state index contributed by atoms with van der Waals surface area (Å²) >= 11 is 1.35. The van der Waals surface area contributed by atoms with Gasteiger partial charge in [0.05, 0.1) is 24.9 Å². The zero-order chi connectivity index (χ0) is 21.2. The lowest BCUT2D eigenvalue weighted by Gasteiger charge is -2.16. The maximum Gasteiger partial charge on any atom is 0.350 e. The second-order valence-electron chi connectivity index (χ2n) is 6.52. The predicted molar refractivity (Wildman–Crippen MR) is 117 cm³/mol. The lowest BCUT2D eigenvalue weighted by Crippen LogP contribution is -2.39. The molecule has 0 fully saturated rings. The molecule has 0 aliphatic carbocycles. The molecule has 0 spiro atoms. The van der Waals surface area contributed by atoms with Gasteiger partial charge in [0, 0.05) is 13.6 Å². The monoisotopic (exact) mass is 418 g/mol. The Balaban J connectivity index is 1.80. The van der Waals surface area contributed by atoms with Crippen LogP contribution in [-0.4, -0.2) is 43.7 Å². The van der Waals surface area contributed by atoms with Gasteiger partial charge in [-0.1, -0.05) is 18.2 Å². The maximum atomic E-state index is 12.0. The average Bonchev–Trinajstić information content (AvgIpc) is 3.10. The van der Waals surface area contributed by atoms with E-state index in [1.165, 1.54) is 11.3 Å². The Hall–Kier alpha value is -2.61. The van der Waals surface area contributed by atoms with Crippen molar-refractivity contribution in [2.75, 3.05) is 26.8 Å². The first-order valence-corrected chi connectivity index (χ1v) is 10.6. The first kappa shape index (κ1) is 22.7. The number of hydrogen-bond acceptors (Lipinski definition) is 6. The predicted octanol–water partition coefficient (Wildman–Crippen LogP) is 3.63. The van der Waals surface area contributed by atoms with Crippen LogP contribution < -0.4 is 15.4 Å². The standard InChI is InChI=1S/C21H30N4O3S/c1-6-27-20(26)18-15(3)24-19(29-18)16(4)25-21(22-5)23-12-9-13-28-17-11-8-7-10-14(17)2/h7-8,10-11,16H,6,9,12-13H2,1-5H3,(H2,22,23,25). The second kappa shape index (κ2) is 11.4. The molecule has 1 unspecified atom stereocenters. The van der Waals surface area contributed by atoms with Gasteiger partial charge in [-0.05, 0) is 45.7 Å². The van der Waals surface area contributed by atoms with Gasteiger partial charge in [0.1, 0.15) is 15.6 Å². The number of esters is 1. The molecule has 158 valence electrons. The number of aryl methyl sites for hydroxylation is 2. The highest BCUT2D eigenvalue weighted by molar-refractivity contribution is 7.13. The third-order valence-corrected chi connectivity index (χ3v) is 5.51. The molecule has 0 aliphatic rings. The lowest BCUT2D eigenvalue weighted by atomic mass is 10.2. The topological polar surface area (TPSA) is 84.8 Å². The molecule has 2 N–H and O–H groups in total. The first-order chi connectivity index (χ1) is 14.0. The number of benzene rings is 1. The molecular formula is C21H30N4O3S. The number of carbonyl (C=O) groups is 1. The van der Waals surface area contributed by atoms with Crippen LogP contribution in [0.3, 0.4) is 0 Å². The number of aromatic nitrogens is 1. The summed E-state index contributed by atoms with van der Waals surface area (Å²) in [6.45, 7) is 9.34. The zero-order valence-electron chi connectivity index (χ0n) is 17.7. The molecule has 1 atom stereocenters. The molecule has 7 nitrogen and oxygen atoms in total. The van der Waals surface area contributed by atoms with Crippen molar-refractivity contribution in [1.29, 1.82) is 0 Å². The highest BCUT2D eigenvalue weighted by atomic mass is 32.1. The quantitative estimate of drug-likeness (QED) is 0.280. The van der Waals surface area contributed by atoms with Gasteiger partial charge < -0.3 is 20.1 Å². The third-order valence-electron chi connectivity index (χ3n) is 4.19. The summed E-state index contributed by atoms with van der Waals surface area (Å²) in [7, 11) is 1.73. The largest absolute Gasteiger partial charge is 0.493 e. The van der Waals surface area contributed by atoms with Gasteiger partial charge in [0.25, 0.3) is 0 Å². The summed E-state index contributed by atoms with van der Waals surface area (Å²) in [6, 6.07) is 7.90. The number of thiazole rings is 1. The van der Waals surface area contributed by atoms with Crippen LogP contribution in [0.1, 0.15) is 52.2 Å². The van der Waals surface area contributed by atoms with E-state index in [4.69, 9.17) is 9.47 Å². The molecule has 0 radical (unpaired) electrons. The first-order valence-electron chi connectivity index (χ1n) is 9.76. The Morgan fingerprint density at radius 2 is 2.07 bits per heavy atom. The highest BCUT2D eigenvalue weighted by Crippen LogP contribution is 2.24. The van der Waals surface area contributed by atoms with E-state index in [9.17, 15) is 4.79 Å². The van der Waals surface area contributed by atoms with Gasteiger partial charge in [-0.15, -0.1) is 11.3 Å². The van der Waals surface area contributed by atoms with Gasteiger partial charge in [0.2, 0.25) is 0 Å². The molecule has 0 aliphatic heterocycles. The van der Waals surface area contributed by atoms with Crippen LogP contribution in [0.4, 0.5) is 0 Å². The fourth-order valence-corrected chi connectivity index (χ4v) is 3.59. The van der Waals surface area contributed by atoms with Crippen molar-refractivity contribution in [3.05, 3.63) is 45.4 Å². The van der Waals surface area contributed by atoms with E-state index in [0.29, 0.717) is 29.7 Å². The Morgan fingerprint density at radius 3 is 2.76 bits per heavy atom. The van der Waals surface area contributed by atoms with Crippen molar-refractivity contribution in [2.45, 2.75) is 40.2 Å². The normalized spacial score (nSPS) is 12.4. The number of guanidine groups is 1. The van der Waals surface area contributed by atoms with Crippen LogP contribution in [0.15, 0.2) is 29.3 Å². The number of aliphatic imine (C=N–C) groups is 1. The zero-order valence-corrected chi connectivity index (χ0v) is 18.6. The summed E-state index contributed by atoms with van der Waals surface area (Å²) in [5.41, 5.74) is 1.82. The molecule has 0 bridgehead atoms. The van der Waals surface area contributed by atoms with Crippen molar-refractivity contribution in [3.63, 3.8) is 0 Å². The van der Waals surface area contributed by atoms with Crippen LogP contribution >= 0.6 is 11.3 Å². The van der Waals surface area contributed by atoms with Crippen LogP contribution in [0, 0.1) is 13.8 Å². The Kier molecular flexibility index (Phi) is 8.92. The number of hydrogen-bond donors (Lipinski definition) is 2. The second-order valence-corrected chi connectivity index (χ2v) is 7.55. The number of ether oxygens (including phenoxy) is 2. The minimum absolute atomic E-state index is 0.0868. The highest BCUT2D eigenvalue weighted by Gasteiger charge is 2.20. The van der Waals surface area contributed by atoms with Gasteiger partial charge in [-0.2, -0.15) is 0 Å². The van der Waals surface area contributed by atoms with E-state index in [0.717, 1.165) is 29.3 Å². The molecule has 1 aromatic carbocycles. The van der Waals surface area contributed by atoms with Crippen molar-refractivity contribution < 1.29 is 14.3 Å². The van der Waals surface area contributed by atoms with E-state index < -0.39 is 0 Å². The van der Waals surface area contributed by atoms with Crippen molar-refractivity contribution in [2.24, 2.45) is 4.99 Å². The number of carbonyl (C=O) groups excluding carboxylic acids is 1. The van der Waals surface area contributed by atoms with E-state index in [-0.39, 0.29) is 12.0 Å². The minimum Gasteiger partial charge on any atom is -0.493 e. The molecule has 0 saturated carbocycles. The Labute approximate surface area is 176 Å². The summed E-state index contributed by atoms with van der Waals surface area (Å²) in [5, 5.41) is 7.40. The summed E-state index contributed by atoms with van der Waals surface area (Å²) < 4.78 is 10.9. The van der Waals surface area contributed by atoms with E-state index in [2.05, 4.69) is 20.6 Å². The molecule has 1 aromatic heterocycles. The van der Waals surface area contributed by atoms with Crippen LogP contribution in [-0.2, 0) is 4.74 Å². The smallest absolute Gasteiger partial charge is 0.350 e. The van der Waals surface area contributed by atoms with Crippen molar-refractivity contribution in [1.82, 2.24) is 15.6 Å². The molecule has 2 rings (SSSR count). The van der Waals surface area contributed by atoms with Gasteiger partial charge >= 0.3 is 5.97 Å². The molecule has 0 saturated heterocycles. The Morgan fingerprint density at radius 1 is 1.31 bits per heavy atom. The lowest BCUT2D eigenvalue weighted by molar-refractivity contribution is 0.0531. The number of rotatable bonds is 9. The molecule has 29 heavy (non-hydrogen) atoms.